The number of aliphatic hydroxyl groups excluding tert-OH is 1. The fourth-order valence-electron chi connectivity index (χ4n) is 5.30. The van der Waals surface area contributed by atoms with Crippen LogP contribution in [0.1, 0.15) is 136 Å². The highest BCUT2D eigenvalue weighted by molar-refractivity contribution is 7.47. The Kier molecular flexibility index (Phi) is 38.4. The number of carbonyl (C=O) groups is 2. The second-order valence-electron chi connectivity index (χ2n) is 15.9. The number of quaternary nitrogens is 1. The molecule has 0 radical (unpaired) electrons. The number of unbranched alkanes of at least 4 members (excludes halogenated alkanes) is 7. The highest BCUT2D eigenvalue weighted by atomic mass is 31.2. The molecule has 61 heavy (non-hydrogen) atoms. The van der Waals surface area contributed by atoms with Crippen molar-refractivity contribution in [2.75, 3.05) is 47.5 Å². The van der Waals surface area contributed by atoms with E-state index in [2.05, 4.69) is 68.5 Å². The number of ether oxygens (including phenoxy) is 2. The number of allylic oxidation sites excluding steroid dienone is 16. The van der Waals surface area contributed by atoms with Crippen molar-refractivity contribution < 1.29 is 47.2 Å². The van der Waals surface area contributed by atoms with Gasteiger partial charge in [0.2, 0.25) is 0 Å². The van der Waals surface area contributed by atoms with Crippen molar-refractivity contribution >= 4 is 19.8 Å². The minimum absolute atomic E-state index is 0.000827. The third kappa shape index (κ3) is 44.5. The van der Waals surface area contributed by atoms with Crippen molar-refractivity contribution in [1.29, 1.82) is 0 Å². The molecule has 0 aliphatic rings. The van der Waals surface area contributed by atoms with E-state index < -0.39 is 38.6 Å². The van der Waals surface area contributed by atoms with Crippen LogP contribution in [0.2, 0.25) is 0 Å². The molecule has 0 bridgehead atoms. The molecule has 0 aromatic carbocycles. The summed E-state index contributed by atoms with van der Waals surface area (Å²) in [4.78, 5) is 35.4. The van der Waals surface area contributed by atoms with E-state index in [0.717, 1.165) is 64.2 Å². The largest absolute Gasteiger partial charge is 0.472 e. The quantitative estimate of drug-likeness (QED) is 0.0155. The average molecular weight is 873 g/mol. The van der Waals surface area contributed by atoms with Gasteiger partial charge in [0.05, 0.1) is 33.9 Å². The monoisotopic (exact) mass is 873 g/mol. The van der Waals surface area contributed by atoms with Gasteiger partial charge in [0.25, 0.3) is 0 Å². The normalized spacial score (nSPS) is 15.1. The van der Waals surface area contributed by atoms with Gasteiger partial charge in [-0.25, -0.2) is 4.57 Å². The Labute approximate surface area is 370 Å². The van der Waals surface area contributed by atoms with Gasteiger partial charge in [-0.3, -0.25) is 18.6 Å². The first-order valence-corrected chi connectivity index (χ1v) is 24.2. The van der Waals surface area contributed by atoms with Crippen LogP contribution in [0.25, 0.3) is 0 Å². The topological polar surface area (TPSA) is 129 Å². The number of hydrogen-bond acceptors (Lipinski definition) is 8. The number of hydrogen-bond donors (Lipinski definition) is 2. The van der Waals surface area contributed by atoms with Crippen molar-refractivity contribution in [3.05, 3.63) is 109 Å². The van der Waals surface area contributed by atoms with Crippen LogP contribution < -0.4 is 0 Å². The number of nitrogens with zero attached hydrogens (tertiary/aromatic N) is 1. The Morgan fingerprint density at radius 3 is 1.79 bits per heavy atom. The SMILES string of the molecule is CC/C=C\C/C=C\CC(O)/C=C/C=C\C/C=C\C/C=C\CCC(=O)OC[C@H](COP(=O)(O)OCC[N+](C)(C)C)OC(=O)CCCCCC/C=C\C/C=C\C/C=C\CCCCC. The minimum Gasteiger partial charge on any atom is -0.462 e. The predicted octanol–water partition coefficient (Wildman–Crippen LogP) is 12.1. The lowest BCUT2D eigenvalue weighted by molar-refractivity contribution is -0.870. The number of phosphoric acid groups is 1. The predicted molar refractivity (Wildman–Crippen MR) is 253 cm³/mol. The standard InChI is InChI=1S/C50H82NO9P/c1-6-8-10-12-14-15-16-17-18-19-20-21-22-27-30-34-38-42-50(54)60-48(46-59-61(55,56)58-44-43-51(3,4)5)45-57-49(53)41-37-33-29-26-24-23-25-28-32-36-40-47(52)39-35-31-13-11-9-7-2/h9,11,14-15,17-18,20-21,23-24,28-29,31-33,35-36,40,47-48,52H,6-8,10,12-13,16,19,22,25-27,30,34,37-39,41-46H2,1-5H3/p+1/b11-9-,15-14-,18-17-,21-20-,24-23-,32-28-,33-29-,35-31-,40-36+/t47?,48-/m1/s1. The van der Waals surface area contributed by atoms with Gasteiger partial charge < -0.3 is 24.0 Å². The van der Waals surface area contributed by atoms with Crippen molar-refractivity contribution in [3.63, 3.8) is 0 Å². The lowest BCUT2D eigenvalue weighted by Gasteiger charge is -2.24. The molecule has 0 fully saturated rings. The average Bonchev–Trinajstić information content (AvgIpc) is 3.21. The van der Waals surface area contributed by atoms with Crippen LogP contribution in [-0.4, -0.2) is 86.1 Å². The Hall–Kier alpha value is -3.37. The molecular formula is C50H83NO9P+. The molecule has 0 aliphatic carbocycles. The van der Waals surface area contributed by atoms with Crippen LogP contribution in [-0.2, 0) is 32.7 Å². The Bertz CT molecular complexity index is 1420. The summed E-state index contributed by atoms with van der Waals surface area (Å²) >= 11 is 0. The summed E-state index contributed by atoms with van der Waals surface area (Å²) in [6.45, 7) is 4.05. The van der Waals surface area contributed by atoms with E-state index in [1.165, 1.54) is 25.7 Å². The lowest BCUT2D eigenvalue weighted by Crippen LogP contribution is -2.37. The molecule has 0 saturated heterocycles. The van der Waals surface area contributed by atoms with Crippen LogP contribution in [0.4, 0.5) is 0 Å². The third-order valence-electron chi connectivity index (χ3n) is 8.88. The summed E-state index contributed by atoms with van der Waals surface area (Å²) in [6.07, 6.45) is 51.8. The van der Waals surface area contributed by atoms with Crippen LogP contribution in [0.5, 0.6) is 0 Å². The molecule has 0 saturated carbocycles. The van der Waals surface area contributed by atoms with Crippen LogP contribution in [0, 0.1) is 0 Å². The lowest BCUT2D eigenvalue weighted by atomic mass is 10.1. The molecule has 0 aromatic heterocycles. The highest BCUT2D eigenvalue weighted by Gasteiger charge is 2.27. The summed E-state index contributed by atoms with van der Waals surface area (Å²) in [5.41, 5.74) is 0. The fraction of sp³-hybridized carbons (Fsp3) is 0.600. The molecule has 10 nitrogen and oxygen atoms in total. The minimum atomic E-state index is -4.42. The zero-order valence-corrected chi connectivity index (χ0v) is 39.4. The zero-order valence-electron chi connectivity index (χ0n) is 38.5. The number of phosphoric ester groups is 1. The van der Waals surface area contributed by atoms with E-state index in [9.17, 15) is 24.2 Å². The van der Waals surface area contributed by atoms with Gasteiger partial charge in [-0.05, 0) is 83.5 Å². The highest BCUT2D eigenvalue weighted by Crippen LogP contribution is 2.43. The molecule has 2 unspecified atom stereocenters. The van der Waals surface area contributed by atoms with E-state index in [1.54, 1.807) is 6.08 Å². The van der Waals surface area contributed by atoms with E-state index in [0.29, 0.717) is 30.3 Å². The Balaban J connectivity index is 4.59. The summed E-state index contributed by atoms with van der Waals surface area (Å²) in [5.74, 6) is -0.964. The van der Waals surface area contributed by atoms with Gasteiger partial charge in [0.15, 0.2) is 6.10 Å². The van der Waals surface area contributed by atoms with Gasteiger partial charge in [-0.1, -0.05) is 149 Å². The zero-order chi connectivity index (χ0) is 45.1. The maximum atomic E-state index is 12.7. The van der Waals surface area contributed by atoms with Crippen molar-refractivity contribution in [1.82, 2.24) is 0 Å². The summed E-state index contributed by atoms with van der Waals surface area (Å²) in [6, 6.07) is 0. The molecule has 11 heteroatoms. The maximum Gasteiger partial charge on any atom is 0.472 e. The number of aliphatic hydroxyl groups is 1. The van der Waals surface area contributed by atoms with E-state index in [4.69, 9.17) is 18.5 Å². The first-order chi connectivity index (χ1) is 29.4. The van der Waals surface area contributed by atoms with Crippen molar-refractivity contribution in [3.8, 4) is 0 Å². The second-order valence-corrected chi connectivity index (χ2v) is 17.3. The maximum absolute atomic E-state index is 12.7. The molecule has 0 spiro atoms. The fourth-order valence-corrected chi connectivity index (χ4v) is 6.05. The number of rotatable bonds is 39. The molecule has 0 heterocycles. The van der Waals surface area contributed by atoms with Gasteiger partial charge in [-0.15, -0.1) is 0 Å². The molecule has 2 N–H and O–H groups in total. The van der Waals surface area contributed by atoms with Crippen molar-refractivity contribution in [2.45, 2.75) is 148 Å². The Morgan fingerprint density at radius 1 is 0.607 bits per heavy atom. The third-order valence-corrected chi connectivity index (χ3v) is 9.87. The van der Waals surface area contributed by atoms with Gasteiger partial charge in [0.1, 0.15) is 19.8 Å². The number of carbonyl (C=O) groups excluding carboxylic acids is 2. The van der Waals surface area contributed by atoms with Crippen LogP contribution in [0.3, 0.4) is 0 Å². The van der Waals surface area contributed by atoms with Crippen molar-refractivity contribution in [2.24, 2.45) is 0 Å². The first kappa shape index (κ1) is 57.6. The van der Waals surface area contributed by atoms with E-state index in [1.807, 2.05) is 69.8 Å². The molecule has 0 rings (SSSR count). The van der Waals surface area contributed by atoms with Crippen LogP contribution >= 0.6 is 7.82 Å². The summed E-state index contributed by atoms with van der Waals surface area (Å²) in [5, 5.41) is 10.0. The van der Waals surface area contributed by atoms with Gasteiger partial charge in [0, 0.05) is 12.8 Å². The molecule has 0 aliphatic heterocycles. The number of likely N-dealkylation sites (N-methyl/N-ethyl adjacent to an activating group) is 1. The smallest absolute Gasteiger partial charge is 0.462 e. The van der Waals surface area contributed by atoms with Gasteiger partial charge >= 0.3 is 19.8 Å². The van der Waals surface area contributed by atoms with Crippen LogP contribution in [0.15, 0.2) is 109 Å². The first-order valence-electron chi connectivity index (χ1n) is 22.7. The molecule has 0 aromatic rings. The Morgan fingerprint density at radius 2 is 1.16 bits per heavy atom. The molecular weight excluding hydrogens is 790 g/mol. The van der Waals surface area contributed by atoms with E-state index in [-0.39, 0.29) is 26.1 Å². The summed E-state index contributed by atoms with van der Waals surface area (Å²) < 4.78 is 34.2. The molecule has 0 amide bonds. The molecule has 346 valence electrons. The summed E-state index contributed by atoms with van der Waals surface area (Å²) in [7, 11) is 1.37. The van der Waals surface area contributed by atoms with E-state index >= 15 is 0 Å². The number of esters is 2. The molecule has 3 atom stereocenters. The van der Waals surface area contributed by atoms with Gasteiger partial charge in [-0.2, -0.15) is 0 Å². The second kappa shape index (κ2) is 40.7.